The van der Waals surface area contributed by atoms with E-state index in [1.54, 1.807) is 10.7 Å². The second-order valence-corrected chi connectivity index (χ2v) is 4.95. The number of nitrogens with one attached hydrogen (secondary N) is 2. The van der Waals surface area contributed by atoms with Gasteiger partial charge in [-0.3, -0.25) is 5.32 Å². The summed E-state index contributed by atoms with van der Waals surface area (Å²) in [4.78, 5) is 11.8. The first-order chi connectivity index (χ1) is 10.3. The Morgan fingerprint density at radius 2 is 2.19 bits per heavy atom. The quantitative estimate of drug-likeness (QED) is 0.905. The largest absolute Gasteiger partial charge is 0.376 e. The van der Waals surface area contributed by atoms with Crippen molar-refractivity contribution < 1.29 is 9.53 Å². The SMILES string of the molecule is O=C(NC[C@@H]1CCCO1)Nc1ccn(-c2ccccc2)n1. The van der Waals surface area contributed by atoms with Crippen LogP contribution in [-0.2, 0) is 4.74 Å². The fourth-order valence-electron chi connectivity index (χ4n) is 2.29. The molecule has 110 valence electrons. The van der Waals surface area contributed by atoms with Gasteiger partial charge >= 0.3 is 6.03 Å². The normalized spacial score (nSPS) is 17.6. The van der Waals surface area contributed by atoms with E-state index < -0.39 is 0 Å². The number of carbonyl (C=O) groups is 1. The molecule has 0 radical (unpaired) electrons. The Morgan fingerprint density at radius 1 is 1.33 bits per heavy atom. The lowest BCUT2D eigenvalue weighted by molar-refractivity contribution is 0.112. The van der Waals surface area contributed by atoms with Crippen LogP contribution in [0.4, 0.5) is 10.6 Å². The Kier molecular flexibility index (Phi) is 4.16. The molecule has 2 heterocycles. The number of carbonyl (C=O) groups excluding carboxylic acids is 1. The molecule has 0 spiro atoms. The molecule has 21 heavy (non-hydrogen) atoms. The number of ether oxygens (including phenoxy) is 1. The first kappa shape index (κ1) is 13.6. The average Bonchev–Trinajstić information content (AvgIpc) is 3.17. The standard InChI is InChI=1S/C15H18N4O2/c20-15(16-11-13-7-4-10-21-13)17-14-8-9-19(18-14)12-5-2-1-3-6-12/h1-3,5-6,8-9,13H,4,7,10-11H2,(H2,16,17,18,20)/t13-/m0/s1. The van der Waals surface area contributed by atoms with E-state index in [0.29, 0.717) is 12.4 Å². The van der Waals surface area contributed by atoms with Crippen LogP contribution in [0.25, 0.3) is 5.69 Å². The third-order valence-electron chi connectivity index (χ3n) is 3.37. The van der Waals surface area contributed by atoms with Crippen molar-refractivity contribution in [2.45, 2.75) is 18.9 Å². The van der Waals surface area contributed by atoms with Gasteiger partial charge in [0.15, 0.2) is 5.82 Å². The molecular formula is C15H18N4O2. The summed E-state index contributed by atoms with van der Waals surface area (Å²) in [5.74, 6) is 0.517. The third kappa shape index (κ3) is 3.61. The van der Waals surface area contributed by atoms with Gasteiger partial charge in [-0.25, -0.2) is 9.48 Å². The van der Waals surface area contributed by atoms with Crippen LogP contribution in [0.1, 0.15) is 12.8 Å². The molecule has 1 aromatic carbocycles. The van der Waals surface area contributed by atoms with E-state index in [0.717, 1.165) is 25.1 Å². The maximum absolute atomic E-state index is 11.8. The van der Waals surface area contributed by atoms with Gasteiger partial charge < -0.3 is 10.1 Å². The topological polar surface area (TPSA) is 68.2 Å². The molecule has 2 aromatic rings. The Balaban J connectivity index is 1.53. The van der Waals surface area contributed by atoms with E-state index >= 15 is 0 Å². The summed E-state index contributed by atoms with van der Waals surface area (Å²) in [7, 11) is 0. The third-order valence-corrected chi connectivity index (χ3v) is 3.37. The zero-order valence-electron chi connectivity index (χ0n) is 11.7. The smallest absolute Gasteiger partial charge is 0.320 e. The van der Waals surface area contributed by atoms with E-state index in [1.807, 2.05) is 36.5 Å². The van der Waals surface area contributed by atoms with Crippen LogP contribution in [0, 0.1) is 0 Å². The van der Waals surface area contributed by atoms with Crippen LogP contribution in [0.2, 0.25) is 0 Å². The van der Waals surface area contributed by atoms with Crippen molar-refractivity contribution in [1.82, 2.24) is 15.1 Å². The fourth-order valence-corrected chi connectivity index (χ4v) is 2.29. The summed E-state index contributed by atoms with van der Waals surface area (Å²) < 4.78 is 7.17. The van der Waals surface area contributed by atoms with E-state index in [9.17, 15) is 4.79 Å². The van der Waals surface area contributed by atoms with Crippen LogP contribution in [0.3, 0.4) is 0 Å². The summed E-state index contributed by atoms with van der Waals surface area (Å²) in [6, 6.07) is 11.2. The number of para-hydroxylation sites is 1. The number of urea groups is 1. The molecular weight excluding hydrogens is 268 g/mol. The molecule has 1 fully saturated rings. The van der Waals surface area contributed by atoms with Crippen molar-refractivity contribution in [3.8, 4) is 5.69 Å². The van der Waals surface area contributed by atoms with Gasteiger partial charge in [-0.15, -0.1) is 5.10 Å². The minimum absolute atomic E-state index is 0.137. The van der Waals surface area contributed by atoms with Gasteiger partial charge in [-0.05, 0) is 25.0 Å². The zero-order chi connectivity index (χ0) is 14.5. The highest BCUT2D eigenvalue weighted by Gasteiger charge is 2.16. The molecule has 6 nitrogen and oxygen atoms in total. The molecule has 0 saturated carbocycles. The van der Waals surface area contributed by atoms with Crippen LogP contribution < -0.4 is 10.6 Å². The van der Waals surface area contributed by atoms with Crippen LogP contribution >= 0.6 is 0 Å². The molecule has 1 aliphatic rings. The maximum Gasteiger partial charge on any atom is 0.320 e. The molecule has 1 saturated heterocycles. The van der Waals surface area contributed by atoms with Crippen molar-refractivity contribution in [2.75, 3.05) is 18.5 Å². The first-order valence-electron chi connectivity index (χ1n) is 7.09. The number of amides is 2. The average molecular weight is 286 g/mol. The monoisotopic (exact) mass is 286 g/mol. The number of benzene rings is 1. The minimum atomic E-state index is -0.260. The van der Waals surface area contributed by atoms with Crippen LogP contribution in [-0.4, -0.2) is 35.1 Å². The van der Waals surface area contributed by atoms with Gasteiger partial charge in [-0.1, -0.05) is 18.2 Å². The minimum Gasteiger partial charge on any atom is -0.376 e. The van der Waals surface area contributed by atoms with Crippen molar-refractivity contribution in [3.05, 3.63) is 42.6 Å². The van der Waals surface area contributed by atoms with Crippen molar-refractivity contribution in [1.29, 1.82) is 0 Å². The zero-order valence-corrected chi connectivity index (χ0v) is 11.7. The van der Waals surface area contributed by atoms with Gasteiger partial charge in [-0.2, -0.15) is 0 Å². The molecule has 0 aliphatic carbocycles. The summed E-state index contributed by atoms with van der Waals surface area (Å²) >= 11 is 0. The molecule has 0 bridgehead atoms. The van der Waals surface area contributed by atoms with Gasteiger partial charge in [0.25, 0.3) is 0 Å². The predicted molar refractivity (Wildman–Crippen MR) is 79.6 cm³/mol. The lowest BCUT2D eigenvalue weighted by Crippen LogP contribution is -2.35. The summed E-state index contributed by atoms with van der Waals surface area (Å²) in [6.07, 6.45) is 4.02. The summed E-state index contributed by atoms with van der Waals surface area (Å²) in [5.41, 5.74) is 0.949. The molecule has 1 aliphatic heterocycles. The molecule has 1 aromatic heterocycles. The van der Waals surface area contributed by atoms with E-state index in [-0.39, 0.29) is 12.1 Å². The van der Waals surface area contributed by atoms with Gasteiger partial charge in [0, 0.05) is 25.4 Å². The Bertz CT molecular complexity index is 591. The highest BCUT2D eigenvalue weighted by atomic mass is 16.5. The second kappa shape index (κ2) is 6.41. The van der Waals surface area contributed by atoms with Gasteiger partial charge in [0.2, 0.25) is 0 Å². The number of hydrogen-bond donors (Lipinski definition) is 2. The first-order valence-corrected chi connectivity index (χ1v) is 7.09. The van der Waals surface area contributed by atoms with Crippen LogP contribution in [0.15, 0.2) is 42.6 Å². The molecule has 2 amide bonds. The molecule has 2 N–H and O–H groups in total. The van der Waals surface area contributed by atoms with Crippen molar-refractivity contribution >= 4 is 11.8 Å². The fraction of sp³-hybridized carbons (Fsp3) is 0.333. The van der Waals surface area contributed by atoms with Gasteiger partial charge in [0.05, 0.1) is 11.8 Å². The number of rotatable bonds is 4. The highest BCUT2D eigenvalue weighted by Crippen LogP contribution is 2.11. The Morgan fingerprint density at radius 3 is 2.95 bits per heavy atom. The number of anilines is 1. The van der Waals surface area contributed by atoms with Crippen LogP contribution in [0.5, 0.6) is 0 Å². The van der Waals surface area contributed by atoms with Crippen molar-refractivity contribution in [2.24, 2.45) is 0 Å². The molecule has 3 rings (SSSR count). The Hall–Kier alpha value is -2.34. The van der Waals surface area contributed by atoms with E-state index in [1.165, 1.54) is 0 Å². The molecule has 1 atom stereocenters. The Labute approximate surface area is 123 Å². The second-order valence-electron chi connectivity index (χ2n) is 4.95. The van der Waals surface area contributed by atoms with Gasteiger partial charge in [0.1, 0.15) is 0 Å². The summed E-state index contributed by atoms with van der Waals surface area (Å²) in [6.45, 7) is 1.32. The lowest BCUT2D eigenvalue weighted by atomic mass is 10.2. The molecule has 0 unspecified atom stereocenters. The van der Waals surface area contributed by atoms with Crippen molar-refractivity contribution in [3.63, 3.8) is 0 Å². The summed E-state index contributed by atoms with van der Waals surface area (Å²) in [5, 5.41) is 9.83. The predicted octanol–water partition coefficient (Wildman–Crippen LogP) is 2.17. The highest BCUT2D eigenvalue weighted by molar-refractivity contribution is 5.88. The number of aromatic nitrogens is 2. The molecule has 6 heteroatoms. The maximum atomic E-state index is 11.8. The number of hydrogen-bond acceptors (Lipinski definition) is 3. The lowest BCUT2D eigenvalue weighted by Gasteiger charge is -2.10. The number of nitrogens with zero attached hydrogens (tertiary/aromatic N) is 2. The van der Waals surface area contributed by atoms with E-state index in [2.05, 4.69) is 15.7 Å². The van der Waals surface area contributed by atoms with E-state index in [4.69, 9.17) is 4.74 Å².